The average molecular weight is 530 g/mol. The summed E-state index contributed by atoms with van der Waals surface area (Å²) >= 11 is 6.26. The maximum absolute atomic E-state index is 13.3. The molecule has 0 amide bonds. The third kappa shape index (κ3) is 4.61. The van der Waals surface area contributed by atoms with Crippen molar-refractivity contribution >= 4 is 45.5 Å². The molecule has 1 saturated heterocycles. The molecule has 38 heavy (non-hydrogen) atoms. The Labute approximate surface area is 225 Å². The number of fused-ring (bicyclic) bond motifs is 1. The molecule has 0 bridgehead atoms. The molecule has 194 valence electrons. The van der Waals surface area contributed by atoms with Crippen LogP contribution < -0.4 is 20.7 Å². The van der Waals surface area contributed by atoms with Gasteiger partial charge in [0.15, 0.2) is 17.3 Å². The number of carbonyl (C=O) groups excluding carboxylic acids is 1. The van der Waals surface area contributed by atoms with Gasteiger partial charge in [-0.05, 0) is 66.8 Å². The fourth-order valence-corrected chi connectivity index (χ4v) is 5.15. The van der Waals surface area contributed by atoms with Gasteiger partial charge in [-0.15, -0.1) is 0 Å². The van der Waals surface area contributed by atoms with Crippen molar-refractivity contribution in [1.29, 1.82) is 0 Å². The van der Waals surface area contributed by atoms with Gasteiger partial charge in [-0.3, -0.25) is 9.78 Å². The minimum atomic E-state index is -0.105. The number of nitrogens with zero attached hydrogens (tertiary/aromatic N) is 3. The van der Waals surface area contributed by atoms with E-state index < -0.39 is 0 Å². The van der Waals surface area contributed by atoms with Gasteiger partial charge < -0.3 is 25.8 Å². The summed E-state index contributed by atoms with van der Waals surface area (Å²) in [5.41, 5.74) is 10.5. The Morgan fingerprint density at radius 1 is 1.11 bits per heavy atom. The number of anilines is 3. The van der Waals surface area contributed by atoms with Crippen LogP contribution in [0.5, 0.6) is 11.5 Å². The van der Waals surface area contributed by atoms with Gasteiger partial charge in [-0.1, -0.05) is 17.7 Å². The number of ketones is 1. The number of pyridine rings is 2. The molecule has 8 nitrogen and oxygen atoms in total. The Hall–Kier alpha value is -3.88. The number of ether oxygens (including phenoxy) is 1. The van der Waals surface area contributed by atoms with E-state index in [9.17, 15) is 9.90 Å². The lowest BCUT2D eigenvalue weighted by atomic mass is 9.98. The number of benzene rings is 2. The molecule has 1 aliphatic heterocycles. The van der Waals surface area contributed by atoms with Crippen LogP contribution in [0.2, 0.25) is 5.02 Å². The third-order valence-corrected chi connectivity index (χ3v) is 7.52. The molecule has 2 aliphatic rings. The van der Waals surface area contributed by atoms with E-state index in [1.165, 1.54) is 7.11 Å². The molecule has 4 aromatic rings. The van der Waals surface area contributed by atoms with Crippen molar-refractivity contribution in [3.05, 3.63) is 65.4 Å². The van der Waals surface area contributed by atoms with Crippen LogP contribution >= 0.6 is 11.6 Å². The second-order valence-corrected chi connectivity index (χ2v) is 10.4. The lowest BCUT2D eigenvalue weighted by Gasteiger charge is -2.18. The van der Waals surface area contributed by atoms with Crippen LogP contribution in [0.25, 0.3) is 22.0 Å². The summed E-state index contributed by atoms with van der Waals surface area (Å²) in [6.07, 6.45) is 6.20. The van der Waals surface area contributed by atoms with Crippen LogP contribution in [0.1, 0.15) is 29.6 Å². The Morgan fingerprint density at radius 2 is 1.95 bits per heavy atom. The second-order valence-electron chi connectivity index (χ2n) is 9.95. The van der Waals surface area contributed by atoms with Crippen molar-refractivity contribution in [1.82, 2.24) is 9.97 Å². The van der Waals surface area contributed by atoms with Gasteiger partial charge in [-0.2, -0.15) is 0 Å². The summed E-state index contributed by atoms with van der Waals surface area (Å²) in [5, 5.41) is 14.6. The van der Waals surface area contributed by atoms with Gasteiger partial charge in [0, 0.05) is 36.6 Å². The fraction of sp³-hybridized carbons (Fsp3) is 0.276. The van der Waals surface area contributed by atoms with E-state index in [0.717, 1.165) is 65.9 Å². The topological polar surface area (TPSA) is 114 Å². The number of phenolic OH excluding ortho intramolecular Hbond substituents is 1. The minimum absolute atomic E-state index is 0.0398. The zero-order valence-corrected chi connectivity index (χ0v) is 21.7. The molecular formula is C29H28ClN5O3. The molecule has 2 fully saturated rings. The maximum atomic E-state index is 13.3. The number of aromatic nitrogens is 2. The number of halogens is 1. The first kappa shape index (κ1) is 24.5. The standard InChI is InChI=1S/C29H28ClN5O3/c1-38-25-12-18(11-23(30)29(25)37)17-4-6-24-21(10-17)27(22(14-32-24)28(36)16-2-3-16)34-20-5-7-26(33-13-20)35-9-8-19(31)15-35/h4-7,10-14,16,19,37H,2-3,8-9,15,31H2,1H3,(H,32,34). The zero-order valence-electron chi connectivity index (χ0n) is 20.9. The van der Waals surface area contributed by atoms with Gasteiger partial charge in [0.05, 0.1) is 40.8 Å². The van der Waals surface area contributed by atoms with Crippen LogP contribution in [0.15, 0.2) is 54.9 Å². The van der Waals surface area contributed by atoms with Gasteiger partial charge in [0.2, 0.25) is 0 Å². The number of nitrogens with one attached hydrogen (secondary N) is 1. The minimum Gasteiger partial charge on any atom is -0.503 e. The van der Waals surface area contributed by atoms with E-state index in [4.69, 9.17) is 22.1 Å². The van der Waals surface area contributed by atoms with Crippen LogP contribution in [0, 0.1) is 5.92 Å². The Morgan fingerprint density at radius 3 is 2.63 bits per heavy atom. The van der Waals surface area contributed by atoms with E-state index >= 15 is 0 Å². The number of nitrogens with two attached hydrogens (primary N) is 1. The Balaban J connectivity index is 1.42. The maximum Gasteiger partial charge on any atom is 0.176 e. The molecule has 2 aromatic heterocycles. The van der Waals surface area contributed by atoms with E-state index in [1.807, 2.05) is 30.3 Å². The predicted octanol–water partition coefficient (Wildman–Crippen LogP) is 5.54. The van der Waals surface area contributed by atoms with Crippen LogP contribution in [0.3, 0.4) is 0 Å². The van der Waals surface area contributed by atoms with Gasteiger partial charge in [0.25, 0.3) is 0 Å². The van der Waals surface area contributed by atoms with Gasteiger partial charge >= 0.3 is 0 Å². The Bertz CT molecular complexity index is 1540. The zero-order chi connectivity index (χ0) is 26.4. The fourth-order valence-electron chi connectivity index (χ4n) is 4.94. The number of hydrogen-bond donors (Lipinski definition) is 3. The van der Waals surface area contributed by atoms with Crippen molar-refractivity contribution in [2.24, 2.45) is 11.7 Å². The molecule has 0 radical (unpaired) electrons. The monoisotopic (exact) mass is 529 g/mol. The van der Waals surface area contributed by atoms with Crippen LogP contribution in [-0.2, 0) is 0 Å². The number of hydrogen-bond acceptors (Lipinski definition) is 8. The molecular weight excluding hydrogens is 502 g/mol. The highest BCUT2D eigenvalue weighted by molar-refractivity contribution is 6.32. The highest BCUT2D eigenvalue weighted by Crippen LogP contribution is 2.41. The number of methoxy groups -OCH3 is 1. The SMILES string of the molecule is COc1cc(-c2ccc3ncc(C(=O)C4CC4)c(Nc4ccc(N5CCC(N)C5)nc4)c3c2)cc(Cl)c1O. The average Bonchev–Trinajstić information content (AvgIpc) is 3.70. The summed E-state index contributed by atoms with van der Waals surface area (Å²) in [5.74, 6) is 1.20. The van der Waals surface area contributed by atoms with Gasteiger partial charge in [-0.25, -0.2) is 4.98 Å². The molecule has 1 atom stereocenters. The molecule has 1 saturated carbocycles. The smallest absolute Gasteiger partial charge is 0.176 e. The first-order chi connectivity index (χ1) is 18.4. The molecule has 3 heterocycles. The summed E-state index contributed by atoms with van der Waals surface area (Å²) in [4.78, 5) is 24.7. The lowest BCUT2D eigenvalue weighted by molar-refractivity contribution is 0.0968. The Kier molecular flexibility index (Phi) is 6.29. The molecule has 0 spiro atoms. The number of carbonyl (C=O) groups is 1. The van der Waals surface area contributed by atoms with Crippen molar-refractivity contribution in [3.8, 4) is 22.6 Å². The highest BCUT2D eigenvalue weighted by atomic mass is 35.5. The van der Waals surface area contributed by atoms with E-state index in [1.54, 1.807) is 24.5 Å². The third-order valence-electron chi connectivity index (χ3n) is 7.23. The molecule has 6 rings (SSSR count). The molecule has 1 unspecified atom stereocenters. The van der Waals surface area contributed by atoms with Crippen molar-refractivity contribution in [2.45, 2.75) is 25.3 Å². The van der Waals surface area contributed by atoms with Crippen LogP contribution in [0.4, 0.5) is 17.2 Å². The van der Waals surface area contributed by atoms with E-state index in [0.29, 0.717) is 11.3 Å². The van der Waals surface area contributed by atoms with E-state index in [-0.39, 0.29) is 34.3 Å². The number of rotatable bonds is 7. The van der Waals surface area contributed by atoms with Crippen molar-refractivity contribution < 1.29 is 14.6 Å². The predicted molar refractivity (Wildman–Crippen MR) is 150 cm³/mol. The summed E-state index contributed by atoms with van der Waals surface area (Å²) < 4.78 is 5.29. The molecule has 4 N–H and O–H groups in total. The number of Topliss-reactive ketones (excluding diaryl/α,β-unsaturated/α-hetero) is 1. The van der Waals surface area contributed by atoms with Crippen molar-refractivity contribution in [2.75, 3.05) is 30.4 Å². The van der Waals surface area contributed by atoms with Crippen LogP contribution in [-0.4, -0.2) is 47.1 Å². The molecule has 9 heteroatoms. The quantitative estimate of drug-likeness (QED) is 0.267. The first-order valence-corrected chi connectivity index (χ1v) is 13.1. The molecule has 2 aromatic carbocycles. The lowest BCUT2D eigenvalue weighted by Crippen LogP contribution is -2.26. The summed E-state index contributed by atoms with van der Waals surface area (Å²) in [6.45, 7) is 1.69. The molecule has 1 aliphatic carbocycles. The first-order valence-electron chi connectivity index (χ1n) is 12.7. The van der Waals surface area contributed by atoms with E-state index in [2.05, 4.69) is 20.2 Å². The normalized spacial score (nSPS) is 17.1. The second kappa shape index (κ2) is 9.78. The highest BCUT2D eigenvalue weighted by Gasteiger charge is 2.32. The van der Waals surface area contributed by atoms with Crippen molar-refractivity contribution in [3.63, 3.8) is 0 Å². The summed E-state index contributed by atoms with van der Waals surface area (Å²) in [7, 11) is 1.48. The number of aromatic hydroxyl groups is 1. The van der Waals surface area contributed by atoms with Gasteiger partial charge in [0.1, 0.15) is 5.82 Å². The summed E-state index contributed by atoms with van der Waals surface area (Å²) in [6, 6.07) is 13.4. The number of phenols is 1. The largest absolute Gasteiger partial charge is 0.503 e.